The normalized spacial score (nSPS) is 22.0. The summed E-state index contributed by atoms with van der Waals surface area (Å²) >= 11 is 0. The van der Waals surface area contributed by atoms with Crippen LogP contribution in [0.15, 0.2) is 47.3 Å². The van der Waals surface area contributed by atoms with Crippen LogP contribution >= 0.6 is 0 Å². The fourth-order valence-corrected chi connectivity index (χ4v) is 11.2. The Morgan fingerprint density at radius 2 is 1.78 bits per heavy atom. The quantitative estimate of drug-likeness (QED) is 0.149. The lowest BCUT2D eigenvalue weighted by Crippen LogP contribution is -2.79. The first kappa shape index (κ1) is 42.8. The largest absolute Gasteiger partial charge is 0.508 e. The Labute approximate surface area is 383 Å². The van der Waals surface area contributed by atoms with Crippen LogP contribution in [0.5, 0.6) is 11.5 Å². The van der Waals surface area contributed by atoms with Crippen molar-refractivity contribution in [2.45, 2.75) is 109 Å². The summed E-state index contributed by atoms with van der Waals surface area (Å²) in [5.41, 5.74) is 5.42. The van der Waals surface area contributed by atoms with Gasteiger partial charge < -0.3 is 44.5 Å². The summed E-state index contributed by atoms with van der Waals surface area (Å²) in [4.78, 5) is 77.7. The number of aromatic nitrogens is 2. The van der Waals surface area contributed by atoms with Gasteiger partial charge in [0.25, 0.3) is 17.4 Å². The monoisotopic (exact) mass is 912 g/mol. The number of fused-ring (bicyclic) bond motifs is 7. The Morgan fingerprint density at radius 1 is 0.985 bits per heavy atom. The molecule has 5 aliphatic heterocycles. The molecule has 2 fully saturated rings. The van der Waals surface area contributed by atoms with E-state index in [9.17, 15) is 39.3 Å². The number of piperazine rings is 1. The van der Waals surface area contributed by atoms with Gasteiger partial charge in [-0.05, 0) is 83.2 Å². The molecule has 4 atom stereocenters. The van der Waals surface area contributed by atoms with Crippen LogP contribution in [0.4, 0.5) is 9.18 Å². The lowest BCUT2D eigenvalue weighted by atomic mass is 9.81. The second kappa shape index (κ2) is 15.3. The second-order valence-corrected chi connectivity index (χ2v) is 19.1. The number of phenolic OH excluding ortho intramolecular Hbond substituents is 2. The standard InChI is InChI=1S/C50H49FN6O10/c1-5-50(65)33-12-37-45-31(18-57(37)47(62)32(33)21-66-48(50)63)44-35(9-8-28-24(4)34(51)13-36(52-45)43(28)44)53-49(64)67-22-42(60)56-20-38-39(56)19-54(38)15-25-6-7-26-16-55(17-27(26)10-25)46(61)30-11-29(23(2)3)40(58)14-41(30)59/h6-7,10-14,23,35,38-39,58-59,65H,5,8-9,15-22H2,1-4H3,(H,53,64)/t35-,38?,39?,50-/m0/s1. The lowest BCUT2D eigenvalue weighted by Gasteiger charge is -2.61. The number of aromatic hydroxyl groups is 2. The van der Waals surface area contributed by atoms with E-state index >= 15 is 4.39 Å². The van der Waals surface area contributed by atoms with Crippen molar-refractivity contribution in [3.8, 4) is 22.9 Å². The number of pyridine rings is 2. The van der Waals surface area contributed by atoms with Crippen molar-refractivity contribution < 1.29 is 48.4 Å². The summed E-state index contributed by atoms with van der Waals surface area (Å²) in [5, 5.41) is 35.8. The van der Waals surface area contributed by atoms with Crippen LogP contribution in [0.25, 0.3) is 22.3 Å². The fourth-order valence-electron chi connectivity index (χ4n) is 11.2. The minimum absolute atomic E-state index is 0.00436. The molecule has 3 aromatic carbocycles. The van der Waals surface area contributed by atoms with E-state index in [1.807, 2.05) is 19.9 Å². The summed E-state index contributed by atoms with van der Waals surface area (Å²) in [6.45, 7) is 9.11. The number of ether oxygens (including phenoxy) is 2. The minimum atomic E-state index is -2.02. The number of rotatable bonds is 8. The molecule has 2 unspecified atom stereocenters. The molecule has 3 amide bonds. The van der Waals surface area contributed by atoms with Gasteiger partial charge in [-0.2, -0.15) is 0 Å². The molecule has 5 aromatic rings. The molecular formula is C50H49FN6O10. The molecule has 0 saturated carbocycles. The molecule has 2 aromatic heterocycles. The predicted octanol–water partition coefficient (Wildman–Crippen LogP) is 5.03. The first-order chi connectivity index (χ1) is 32.0. The third kappa shape index (κ3) is 6.52. The van der Waals surface area contributed by atoms with Crippen molar-refractivity contribution >= 4 is 34.8 Å². The third-order valence-corrected chi connectivity index (χ3v) is 15.1. The van der Waals surface area contributed by atoms with Gasteiger partial charge in [-0.1, -0.05) is 39.0 Å². The van der Waals surface area contributed by atoms with E-state index in [4.69, 9.17) is 14.5 Å². The van der Waals surface area contributed by atoms with Crippen molar-refractivity contribution in [2.75, 3.05) is 19.7 Å². The van der Waals surface area contributed by atoms with Gasteiger partial charge in [0.2, 0.25) is 0 Å². The van der Waals surface area contributed by atoms with Crippen molar-refractivity contribution in [1.29, 1.82) is 0 Å². The summed E-state index contributed by atoms with van der Waals surface area (Å²) < 4.78 is 27.7. The van der Waals surface area contributed by atoms with Crippen molar-refractivity contribution in [1.82, 2.24) is 29.6 Å². The summed E-state index contributed by atoms with van der Waals surface area (Å²) in [6.07, 6.45) is 0.00855. The van der Waals surface area contributed by atoms with Gasteiger partial charge >= 0.3 is 12.1 Å². The van der Waals surface area contributed by atoms with Crippen molar-refractivity contribution in [2.24, 2.45) is 0 Å². The van der Waals surface area contributed by atoms with Crippen LogP contribution in [0.2, 0.25) is 0 Å². The van der Waals surface area contributed by atoms with E-state index in [0.717, 1.165) is 22.3 Å². The molecule has 1 aliphatic carbocycles. The number of phenols is 2. The zero-order chi connectivity index (χ0) is 47.0. The van der Waals surface area contributed by atoms with Gasteiger partial charge in [0, 0.05) is 67.4 Å². The highest BCUT2D eigenvalue weighted by atomic mass is 19.1. The molecule has 4 N–H and O–H groups in total. The topological polar surface area (TPSA) is 204 Å². The molecule has 0 spiro atoms. The van der Waals surface area contributed by atoms with Gasteiger partial charge in [-0.15, -0.1) is 0 Å². The molecule has 2 saturated heterocycles. The van der Waals surface area contributed by atoms with Crippen LogP contribution in [-0.4, -0.2) is 95.2 Å². The molecular weight excluding hydrogens is 864 g/mol. The van der Waals surface area contributed by atoms with Crippen LogP contribution in [0.1, 0.15) is 112 Å². The van der Waals surface area contributed by atoms with Gasteiger partial charge in [0.15, 0.2) is 12.2 Å². The van der Waals surface area contributed by atoms with Gasteiger partial charge in [-0.3, -0.25) is 19.3 Å². The molecule has 7 heterocycles. The number of likely N-dealkylation sites (tertiary alicyclic amines) is 2. The van der Waals surface area contributed by atoms with Gasteiger partial charge in [0.05, 0.1) is 46.7 Å². The Balaban J connectivity index is 0.736. The Hall–Kier alpha value is -6.85. The van der Waals surface area contributed by atoms with E-state index < -0.39 is 41.7 Å². The summed E-state index contributed by atoms with van der Waals surface area (Å²) in [7, 11) is 0. The molecule has 346 valence electrons. The van der Waals surface area contributed by atoms with Crippen molar-refractivity contribution in [3.05, 3.63) is 120 Å². The number of hydrogen-bond acceptors (Lipinski definition) is 12. The number of hydrogen-bond donors (Lipinski definition) is 4. The van der Waals surface area contributed by atoms with E-state index in [0.29, 0.717) is 90.1 Å². The van der Waals surface area contributed by atoms with Crippen molar-refractivity contribution in [3.63, 3.8) is 0 Å². The zero-order valence-electron chi connectivity index (χ0n) is 37.4. The molecule has 17 heteroatoms. The maximum atomic E-state index is 15.4. The number of esters is 1. The number of nitrogens with one attached hydrogen (secondary N) is 1. The molecule has 67 heavy (non-hydrogen) atoms. The predicted molar refractivity (Wildman–Crippen MR) is 238 cm³/mol. The summed E-state index contributed by atoms with van der Waals surface area (Å²) in [6, 6.07) is 11.5. The number of aryl methyl sites for hydroxylation is 1. The number of cyclic esters (lactones) is 1. The Kier molecular flexibility index (Phi) is 9.80. The molecule has 16 nitrogen and oxygen atoms in total. The Morgan fingerprint density at radius 3 is 2.52 bits per heavy atom. The van der Waals surface area contributed by atoms with Crippen LogP contribution in [0.3, 0.4) is 0 Å². The third-order valence-electron chi connectivity index (χ3n) is 15.1. The van der Waals surface area contributed by atoms with E-state index in [1.54, 1.807) is 35.8 Å². The number of benzene rings is 3. The van der Waals surface area contributed by atoms with E-state index in [-0.39, 0.29) is 77.6 Å². The minimum Gasteiger partial charge on any atom is -0.508 e. The number of carbonyl (C=O) groups is 4. The van der Waals surface area contributed by atoms with Gasteiger partial charge in [0.1, 0.15) is 23.9 Å². The highest BCUT2D eigenvalue weighted by molar-refractivity contribution is 5.98. The zero-order valence-corrected chi connectivity index (χ0v) is 37.4. The molecule has 6 aliphatic rings. The first-order valence-electron chi connectivity index (χ1n) is 22.8. The number of carbonyl (C=O) groups excluding carboxylic acids is 4. The number of nitrogens with zero attached hydrogens (tertiary/aromatic N) is 5. The SMILES string of the molecule is CC[C@@]1(O)C(=O)OCc2c1cc1n(c2=O)Cc2c-1nc1cc(F)c(C)c3c1c2[C@@H](NC(=O)OCC(=O)N1CC2C1CN2Cc1ccc2c(c1)CN(C(=O)c1cc(C(C)C)c(O)cc1O)C2)CC3. The highest BCUT2D eigenvalue weighted by Gasteiger charge is 2.53. The first-order valence-corrected chi connectivity index (χ1v) is 22.8. The lowest BCUT2D eigenvalue weighted by molar-refractivity contribution is -0.172. The molecule has 0 bridgehead atoms. The molecule has 11 rings (SSSR count). The van der Waals surface area contributed by atoms with Crippen LogP contribution < -0.4 is 10.9 Å². The van der Waals surface area contributed by atoms with Crippen LogP contribution in [0, 0.1) is 12.7 Å². The summed E-state index contributed by atoms with van der Waals surface area (Å²) in [5.74, 6) is -2.21. The number of halogens is 1. The maximum absolute atomic E-state index is 15.4. The fraction of sp³-hybridized carbons (Fsp3) is 0.400. The maximum Gasteiger partial charge on any atom is 0.408 e. The number of aliphatic hydroxyl groups is 1. The smallest absolute Gasteiger partial charge is 0.408 e. The average molecular weight is 913 g/mol. The van der Waals surface area contributed by atoms with E-state index in [1.165, 1.54) is 16.7 Å². The number of amides is 3. The average Bonchev–Trinajstić information content (AvgIpc) is 3.89. The highest BCUT2D eigenvalue weighted by Crippen LogP contribution is 2.46. The van der Waals surface area contributed by atoms with E-state index in [2.05, 4.69) is 22.3 Å². The van der Waals surface area contributed by atoms with Gasteiger partial charge in [-0.25, -0.2) is 19.0 Å². The molecule has 0 radical (unpaired) electrons. The Bertz CT molecular complexity index is 3110. The number of alkyl carbamates (subject to hydrolysis) is 1. The second-order valence-electron chi connectivity index (χ2n) is 19.1. The van der Waals surface area contributed by atoms with Crippen LogP contribution in [-0.2, 0) is 63.9 Å².